The van der Waals surface area contributed by atoms with E-state index in [1.54, 1.807) is 19.2 Å². The number of hydrogen-bond donors (Lipinski definition) is 1. The summed E-state index contributed by atoms with van der Waals surface area (Å²) in [6, 6.07) is 18.6. The van der Waals surface area contributed by atoms with Gasteiger partial charge in [0.15, 0.2) is 0 Å². The average Bonchev–Trinajstić information content (AvgIpc) is 3.62. The molecule has 9 nitrogen and oxygen atoms in total. The molecule has 1 fully saturated rings. The molecule has 0 saturated carbocycles. The maximum absolute atomic E-state index is 13.3. The van der Waals surface area contributed by atoms with Gasteiger partial charge in [0.05, 0.1) is 19.1 Å². The van der Waals surface area contributed by atoms with Crippen molar-refractivity contribution in [3.8, 4) is 5.75 Å². The molecule has 1 N–H and O–H groups in total. The lowest BCUT2D eigenvalue weighted by molar-refractivity contribution is -0.138. The third kappa shape index (κ3) is 4.52. The number of furan rings is 1. The molecule has 0 aliphatic carbocycles. The number of hydrazone groups is 1. The van der Waals surface area contributed by atoms with Crippen LogP contribution < -0.4 is 10.1 Å². The normalized spacial score (nSPS) is 19.6. The number of carbonyl (C=O) groups excluding carboxylic acids is 3. The fourth-order valence-electron chi connectivity index (χ4n) is 4.32. The van der Waals surface area contributed by atoms with E-state index in [2.05, 4.69) is 10.4 Å². The molecule has 0 spiro atoms. The molecular weight excluding hydrogens is 448 g/mol. The summed E-state index contributed by atoms with van der Waals surface area (Å²) in [4.78, 5) is 39.8. The Kier molecular flexibility index (Phi) is 6.05. The quantitative estimate of drug-likeness (QED) is 0.532. The highest BCUT2D eigenvalue weighted by molar-refractivity contribution is 6.07. The lowest BCUT2D eigenvalue weighted by atomic mass is 10.0. The molecule has 1 saturated heterocycles. The largest absolute Gasteiger partial charge is 0.497 e. The Hall–Kier alpha value is -4.40. The van der Waals surface area contributed by atoms with Crippen LogP contribution in [0.1, 0.15) is 29.3 Å². The predicted octanol–water partition coefficient (Wildman–Crippen LogP) is 3.13. The van der Waals surface area contributed by atoms with E-state index in [1.807, 2.05) is 54.6 Å². The van der Waals surface area contributed by atoms with E-state index in [0.717, 1.165) is 16.0 Å². The molecule has 9 heteroatoms. The first-order valence-corrected chi connectivity index (χ1v) is 11.3. The van der Waals surface area contributed by atoms with Crippen LogP contribution in [-0.2, 0) is 16.0 Å². The Balaban J connectivity index is 1.34. The van der Waals surface area contributed by atoms with Crippen LogP contribution in [0.5, 0.6) is 5.75 Å². The summed E-state index contributed by atoms with van der Waals surface area (Å²) < 4.78 is 10.8. The SMILES string of the molecule is COc1ccc(C2=NN(C(=O)CN3C(=O)N[C@H](Cc4ccccc4)C3=O)[C@H](c3ccco3)C2)cc1. The number of nitrogens with zero attached hydrogens (tertiary/aromatic N) is 3. The second kappa shape index (κ2) is 9.46. The van der Waals surface area contributed by atoms with Gasteiger partial charge in [-0.15, -0.1) is 0 Å². The molecule has 4 amide bonds. The Bertz CT molecular complexity index is 1250. The summed E-state index contributed by atoms with van der Waals surface area (Å²) in [7, 11) is 1.59. The molecule has 0 radical (unpaired) electrons. The molecule has 5 rings (SSSR count). The highest BCUT2D eigenvalue weighted by Gasteiger charge is 2.42. The van der Waals surface area contributed by atoms with Crippen molar-refractivity contribution in [2.24, 2.45) is 5.10 Å². The molecule has 2 aliphatic heterocycles. The van der Waals surface area contributed by atoms with Gasteiger partial charge in [-0.1, -0.05) is 30.3 Å². The van der Waals surface area contributed by atoms with E-state index in [1.165, 1.54) is 11.3 Å². The van der Waals surface area contributed by atoms with Crippen molar-refractivity contribution in [2.45, 2.75) is 24.9 Å². The first-order chi connectivity index (χ1) is 17.0. The molecule has 2 aliphatic rings. The van der Waals surface area contributed by atoms with E-state index in [-0.39, 0.29) is 0 Å². The van der Waals surface area contributed by atoms with Gasteiger partial charge in [0.2, 0.25) is 0 Å². The van der Waals surface area contributed by atoms with Gasteiger partial charge >= 0.3 is 6.03 Å². The van der Waals surface area contributed by atoms with Crippen LogP contribution in [0.4, 0.5) is 4.79 Å². The molecule has 2 aromatic carbocycles. The average molecular weight is 473 g/mol. The highest BCUT2D eigenvalue weighted by Crippen LogP contribution is 2.33. The minimum atomic E-state index is -0.712. The maximum atomic E-state index is 13.3. The highest BCUT2D eigenvalue weighted by atomic mass is 16.5. The zero-order chi connectivity index (χ0) is 24.4. The Morgan fingerprint density at radius 1 is 1.09 bits per heavy atom. The second-order valence-corrected chi connectivity index (χ2v) is 8.37. The zero-order valence-corrected chi connectivity index (χ0v) is 19.1. The van der Waals surface area contributed by atoms with E-state index in [9.17, 15) is 14.4 Å². The molecule has 2 atom stereocenters. The number of methoxy groups -OCH3 is 1. The van der Waals surface area contributed by atoms with Crippen molar-refractivity contribution in [1.29, 1.82) is 0 Å². The second-order valence-electron chi connectivity index (χ2n) is 8.37. The molecular formula is C26H24N4O5. The van der Waals surface area contributed by atoms with Crippen LogP contribution in [0.2, 0.25) is 0 Å². The maximum Gasteiger partial charge on any atom is 0.325 e. The Morgan fingerprint density at radius 2 is 1.86 bits per heavy atom. The van der Waals surface area contributed by atoms with Crippen molar-refractivity contribution in [3.63, 3.8) is 0 Å². The van der Waals surface area contributed by atoms with Crippen molar-refractivity contribution in [2.75, 3.05) is 13.7 Å². The minimum Gasteiger partial charge on any atom is -0.497 e. The predicted molar refractivity (Wildman–Crippen MR) is 127 cm³/mol. The number of rotatable bonds is 7. The monoisotopic (exact) mass is 472 g/mol. The Morgan fingerprint density at radius 3 is 2.54 bits per heavy atom. The van der Waals surface area contributed by atoms with Gasteiger partial charge in [-0.2, -0.15) is 5.10 Å². The Labute approximate surface area is 202 Å². The van der Waals surface area contributed by atoms with E-state index in [4.69, 9.17) is 9.15 Å². The van der Waals surface area contributed by atoms with Gasteiger partial charge in [-0.3, -0.25) is 14.5 Å². The van der Waals surface area contributed by atoms with Gasteiger partial charge in [-0.25, -0.2) is 9.80 Å². The van der Waals surface area contributed by atoms with Crippen molar-refractivity contribution in [3.05, 3.63) is 89.9 Å². The molecule has 35 heavy (non-hydrogen) atoms. The summed E-state index contributed by atoms with van der Waals surface area (Å²) in [5.74, 6) is 0.385. The van der Waals surface area contributed by atoms with Crippen molar-refractivity contribution >= 4 is 23.6 Å². The third-order valence-corrected chi connectivity index (χ3v) is 6.14. The van der Waals surface area contributed by atoms with Crippen LogP contribution in [0.25, 0.3) is 0 Å². The first kappa shape index (κ1) is 22.4. The standard InChI is InChI=1S/C26H24N4O5/c1-34-19-11-9-18(10-12-19)20-15-22(23-8-5-13-35-23)30(28-20)24(31)16-29-25(32)21(27-26(29)33)14-17-6-3-2-4-7-17/h2-13,21-22H,14-16H2,1H3,(H,27,33)/t21-,22+/m1/s1. The van der Waals surface area contributed by atoms with Gasteiger partial charge in [-0.05, 0) is 47.5 Å². The number of hydrogen-bond acceptors (Lipinski definition) is 6. The van der Waals surface area contributed by atoms with Gasteiger partial charge in [0, 0.05) is 12.8 Å². The summed E-state index contributed by atoms with van der Waals surface area (Å²) in [6.45, 7) is -0.410. The summed E-state index contributed by atoms with van der Waals surface area (Å²) in [5.41, 5.74) is 2.46. The summed E-state index contributed by atoms with van der Waals surface area (Å²) >= 11 is 0. The number of urea groups is 1. The number of ether oxygens (including phenoxy) is 1. The number of nitrogens with one attached hydrogen (secondary N) is 1. The topological polar surface area (TPSA) is 104 Å². The molecule has 3 aromatic rings. The van der Waals surface area contributed by atoms with E-state index < -0.39 is 36.5 Å². The molecule has 178 valence electrons. The van der Waals surface area contributed by atoms with Crippen LogP contribution in [0.3, 0.4) is 0 Å². The van der Waals surface area contributed by atoms with Gasteiger partial charge < -0.3 is 14.5 Å². The molecule has 1 aromatic heterocycles. The van der Waals surface area contributed by atoms with Crippen molar-refractivity contribution < 1.29 is 23.5 Å². The zero-order valence-electron chi connectivity index (χ0n) is 19.1. The van der Waals surface area contributed by atoms with E-state index in [0.29, 0.717) is 30.1 Å². The minimum absolute atomic E-state index is 0.356. The fourth-order valence-corrected chi connectivity index (χ4v) is 4.32. The lowest BCUT2D eigenvalue weighted by Crippen LogP contribution is -2.41. The van der Waals surface area contributed by atoms with E-state index >= 15 is 0 Å². The van der Waals surface area contributed by atoms with Gasteiger partial charge in [0.1, 0.15) is 30.1 Å². The molecule has 0 unspecified atom stereocenters. The third-order valence-electron chi connectivity index (χ3n) is 6.14. The molecule has 0 bridgehead atoms. The molecule has 3 heterocycles. The summed E-state index contributed by atoms with van der Waals surface area (Å²) in [5, 5.41) is 8.55. The number of benzene rings is 2. The van der Waals surface area contributed by atoms with Crippen LogP contribution in [0.15, 0.2) is 82.5 Å². The smallest absolute Gasteiger partial charge is 0.325 e. The lowest BCUT2D eigenvalue weighted by Gasteiger charge is -2.22. The van der Waals surface area contributed by atoms with Crippen LogP contribution in [0, 0.1) is 0 Å². The number of carbonyl (C=O) groups is 3. The van der Waals surface area contributed by atoms with Crippen LogP contribution in [-0.4, -0.2) is 53.2 Å². The van der Waals surface area contributed by atoms with Gasteiger partial charge in [0.25, 0.3) is 11.8 Å². The first-order valence-electron chi connectivity index (χ1n) is 11.3. The summed E-state index contributed by atoms with van der Waals surface area (Å²) in [6.07, 6.45) is 2.33. The number of amides is 4. The number of imide groups is 1. The fraction of sp³-hybridized carbons (Fsp3) is 0.231. The van der Waals surface area contributed by atoms with Crippen molar-refractivity contribution in [1.82, 2.24) is 15.2 Å². The van der Waals surface area contributed by atoms with Crippen LogP contribution >= 0.6 is 0 Å².